The number of benzene rings is 1. The number of tetrazole rings is 1. The van der Waals surface area contributed by atoms with Gasteiger partial charge in [0.15, 0.2) is 0 Å². The van der Waals surface area contributed by atoms with Gasteiger partial charge in [-0.25, -0.2) is 0 Å². The molecule has 0 saturated heterocycles. The molecule has 6 nitrogen and oxygen atoms in total. The lowest BCUT2D eigenvalue weighted by Gasteiger charge is -2.08. The van der Waals surface area contributed by atoms with Crippen LogP contribution in [0.4, 0.5) is 18.9 Å². The topological polar surface area (TPSA) is 89.8 Å². The number of hydrogen-bond acceptors (Lipinski definition) is 5. The number of nitrogen functional groups attached to an aromatic ring is 1. The first kappa shape index (κ1) is 13.3. The predicted molar refractivity (Wildman–Crippen MR) is 59.8 cm³/mol. The molecule has 0 aliphatic heterocycles. The first-order chi connectivity index (χ1) is 8.91. The molecular weight excluding hydrogens is 263 g/mol. The highest BCUT2D eigenvalue weighted by Crippen LogP contribution is 2.33. The van der Waals surface area contributed by atoms with Gasteiger partial charge in [-0.2, -0.15) is 18.0 Å². The van der Waals surface area contributed by atoms with Crippen molar-refractivity contribution in [3.05, 3.63) is 23.8 Å². The third kappa shape index (κ3) is 2.81. The van der Waals surface area contributed by atoms with E-state index in [0.717, 1.165) is 23.0 Å². The van der Waals surface area contributed by atoms with Crippen LogP contribution in [0.25, 0.3) is 11.4 Å². The zero-order chi connectivity index (χ0) is 14.0. The second kappa shape index (κ2) is 4.84. The number of aliphatic hydroxyl groups excluding tert-OH is 1. The van der Waals surface area contributed by atoms with Gasteiger partial charge in [-0.1, -0.05) is 0 Å². The van der Waals surface area contributed by atoms with Crippen LogP contribution in [0.15, 0.2) is 18.2 Å². The van der Waals surface area contributed by atoms with Crippen molar-refractivity contribution in [3.63, 3.8) is 0 Å². The number of halogens is 3. The molecule has 0 aliphatic carbocycles. The molecule has 0 radical (unpaired) electrons. The molecule has 0 aliphatic rings. The van der Waals surface area contributed by atoms with E-state index < -0.39 is 11.7 Å². The highest BCUT2D eigenvalue weighted by molar-refractivity contribution is 5.71. The van der Waals surface area contributed by atoms with Gasteiger partial charge in [0.25, 0.3) is 0 Å². The van der Waals surface area contributed by atoms with E-state index in [2.05, 4.69) is 15.4 Å². The molecule has 0 spiro atoms. The Morgan fingerprint density at radius 1 is 1.32 bits per heavy atom. The summed E-state index contributed by atoms with van der Waals surface area (Å²) in [5.41, 5.74) is 4.95. The summed E-state index contributed by atoms with van der Waals surface area (Å²) in [6.45, 7) is -0.0975. The third-order valence-corrected chi connectivity index (χ3v) is 2.37. The Morgan fingerprint density at radius 2 is 2.05 bits per heavy atom. The van der Waals surface area contributed by atoms with Crippen molar-refractivity contribution in [1.82, 2.24) is 20.2 Å². The summed E-state index contributed by atoms with van der Waals surface area (Å²) in [4.78, 5) is 1.08. The summed E-state index contributed by atoms with van der Waals surface area (Å²) in [6.07, 6.45) is -4.47. The number of nitrogens with zero attached hydrogens (tertiary/aromatic N) is 4. The molecule has 102 valence electrons. The van der Waals surface area contributed by atoms with Crippen molar-refractivity contribution < 1.29 is 18.3 Å². The summed E-state index contributed by atoms with van der Waals surface area (Å²) in [5.74, 6) is -0.0166. The summed E-state index contributed by atoms with van der Waals surface area (Å²) < 4.78 is 37.8. The summed E-state index contributed by atoms with van der Waals surface area (Å²) in [7, 11) is 0. The van der Waals surface area contributed by atoms with E-state index in [1.54, 1.807) is 0 Å². The number of anilines is 1. The average Bonchev–Trinajstić information content (AvgIpc) is 2.77. The van der Waals surface area contributed by atoms with E-state index in [-0.39, 0.29) is 30.2 Å². The van der Waals surface area contributed by atoms with Crippen LogP contribution >= 0.6 is 0 Å². The van der Waals surface area contributed by atoms with E-state index in [1.165, 1.54) is 0 Å². The molecule has 0 amide bonds. The minimum absolute atomic E-state index is 0.0166. The largest absolute Gasteiger partial charge is 0.416 e. The van der Waals surface area contributed by atoms with Crippen LogP contribution in [0.1, 0.15) is 5.56 Å². The maximum Gasteiger partial charge on any atom is 0.416 e. The van der Waals surface area contributed by atoms with Crippen molar-refractivity contribution in [1.29, 1.82) is 0 Å². The van der Waals surface area contributed by atoms with Gasteiger partial charge < -0.3 is 10.8 Å². The molecule has 2 rings (SSSR count). The molecule has 0 unspecified atom stereocenters. The van der Waals surface area contributed by atoms with E-state index in [4.69, 9.17) is 10.8 Å². The number of aliphatic hydroxyl groups is 1. The molecule has 0 saturated carbocycles. The summed E-state index contributed by atoms with van der Waals surface area (Å²) in [5, 5.41) is 19.8. The van der Waals surface area contributed by atoms with E-state index >= 15 is 0 Å². The molecule has 0 atom stereocenters. The summed E-state index contributed by atoms with van der Waals surface area (Å²) >= 11 is 0. The fourth-order valence-electron chi connectivity index (χ4n) is 1.46. The second-order valence-corrected chi connectivity index (χ2v) is 3.73. The van der Waals surface area contributed by atoms with Gasteiger partial charge in [-0.15, -0.1) is 10.2 Å². The van der Waals surface area contributed by atoms with Crippen LogP contribution < -0.4 is 5.73 Å². The molecule has 3 N–H and O–H groups in total. The van der Waals surface area contributed by atoms with Crippen LogP contribution in [0.5, 0.6) is 0 Å². The highest BCUT2D eigenvalue weighted by atomic mass is 19.4. The van der Waals surface area contributed by atoms with Crippen molar-refractivity contribution >= 4 is 5.69 Å². The van der Waals surface area contributed by atoms with Gasteiger partial charge in [0, 0.05) is 11.3 Å². The second-order valence-electron chi connectivity index (χ2n) is 3.73. The van der Waals surface area contributed by atoms with Crippen LogP contribution in [0, 0.1) is 0 Å². The lowest BCUT2D eigenvalue weighted by Crippen LogP contribution is -2.07. The molecular formula is C10H10F3N5O. The van der Waals surface area contributed by atoms with Gasteiger partial charge in [0.2, 0.25) is 5.82 Å². The quantitative estimate of drug-likeness (QED) is 0.812. The molecule has 0 fully saturated rings. The standard InChI is InChI=1S/C10H10F3N5O/c11-10(12,13)6-1-2-8(14)7(5-6)9-15-17-18(16-9)3-4-19/h1-2,5,19H,3-4,14H2. The Hall–Kier alpha value is -2.16. The number of rotatable bonds is 3. The lowest BCUT2D eigenvalue weighted by atomic mass is 10.1. The smallest absolute Gasteiger partial charge is 0.398 e. The Labute approximate surface area is 105 Å². The average molecular weight is 273 g/mol. The number of hydrogen-bond donors (Lipinski definition) is 2. The van der Waals surface area contributed by atoms with E-state index in [1.807, 2.05) is 0 Å². The first-order valence-corrected chi connectivity index (χ1v) is 5.27. The number of alkyl halides is 3. The van der Waals surface area contributed by atoms with E-state index in [0.29, 0.717) is 0 Å². The summed E-state index contributed by atoms with van der Waals surface area (Å²) in [6, 6.07) is 2.90. The van der Waals surface area contributed by atoms with Crippen LogP contribution in [0.3, 0.4) is 0 Å². The monoisotopic (exact) mass is 273 g/mol. The maximum absolute atomic E-state index is 12.6. The van der Waals surface area contributed by atoms with E-state index in [9.17, 15) is 13.2 Å². The minimum atomic E-state index is -4.47. The molecule has 1 heterocycles. The zero-order valence-electron chi connectivity index (χ0n) is 9.59. The van der Waals surface area contributed by atoms with Crippen molar-refractivity contribution in [2.75, 3.05) is 12.3 Å². The van der Waals surface area contributed by atoms with Gasteiger partial charge in [0.1, 0.15) is 0 Å². The SMILES string of the molecule is Nc1ccc(C(F)(F)F)cc1-c1nnn(CCO)n1. The Kier molecular flexibility index (Phi) is 3.38. The molecule has 2 aromatic rings. The normalized spacial score (nSPS) is 11.8. The Bertz CT molecular complexity index is 581. The van der Waals surface area contributed by atoms with Crippen LogP contribution in [-0.2, 0) is 12.7 Å². The van der Waals surface area contributed by atoms with Crippen molar-refractivity contribution in [2.24, 2.45) is 0 Å². The van der Waals surface area contributed by atoms with Crippen molar-refractivity contribution in [3.8, 4) is 11.4 Å². The van der Waals surface area contributed by atoms with Crippen LogP contribution in [0.2, 0.25) is 0 Å². The lowest BCUT2D eigenvalue weighted by molar-refractivity contribution is -0.137. The fourth-order valence-corrected chi connectivity index (χ4v) is 1.46. The van der Waals surface area contributed by atoms with Crippen molar-refractivity contribution in [2.45, 2.75) is 12.7 Å². The Morgan fingerprint density at radius 3 is 2.68 bits per heavy atom. The number of nitrogens with two attached hydrogens (primary N) is 1. The molecule has 0 bridgehead atoms. The van der Waals surface area contributed by atoms with Gasteiger partial charge in [0.05, 0.1) is 18.7 Å². The van der Waals surface area contributed by atoms with Crippen LogP contribution in [-0.4, -0.2) is 31.9 Å². The maximum atomic E-state index is 12.6. The molecule has 19 heavy (non-hydrogen) atoms. The fraction of sp³-hybridized carbons (Fsp3) is 0.300. The number of aromatic nitrogens is 4. The minimum Gasteiger partial charge on any atom is -0.398 e. The predicted octanol–water partition coefficient (Wildman–Crippen LogP) is 0.933. The van der Waals surface area contributed by atoms with Gasteiger partial charge >= 0.3 is 6.18 Å². The zero-order valence-corrected chi connectivity index (χ0v) is 9.59. The van der Waals surface area contributed by atoms with Gasteiger partial charge in [-0.3, -0.25) is 0 Å². The molecule has 9 heteroatoms. The molecule has 1 aromatic carbocycles. The molecule has 1 aromatic heterocycles. The third-order valence-electron chi connectivity index (χ3n) is 2.37. The first-order valence-electron chi connectivity index (χ1n) is 5.27. The Balaban J connectivity index is 2.42. The van der Waals surface area contributed by atoms with Gasteiger partial charge in [-0.05, 0) is 23.4 Å². The highest BCUT2D eigenvalue weighted by Gasteiger charge is 2.31.